The number of pyridine rings is 1. The Balaban J connectivity index is 1.89. The van der Waals surface area contributed by atoms with Crippen molar-refractivity contribution in [2.45, 2.75) is 0 Å². The standard InChI is InChI=1S/C17H13NO3S/c1-20-12-6-8-13(9-7-12)21-17-14(4-2-10-18-17)16(19)15-5-3-11-22-15/h2-11H,1H3. The van der Waals surface area contributed by atoms with Crippen LogP contribution in [0.25, 0.3) is 0 Å². The molecular formula is C17H13NO3S. The van der Waals surface area contributed by atoms with Crippen molar-refractivity contribution in [3.8, 4) is 17.4 Å². The van der Waals surface area contributed by atoms with Crippen LogP contribution in [0.5, 0.6) is 17.4 Å². The van der Waals surface area contributed by atoms with Crippen molar-refractivity contribution in [1.82, 2.24) is 4.98 Å². The van der Waals surface area contributed by atoms with E-state index in [2.05, 4.69) is 4.98 Å². The predicted octanol–water partition coefficient (Wildman–Crippen LogP) is 4.18. The van der Waals surface area contributed by atoms with Crippen LogP contribution in [-0.2, 0) is 0 Å². The van der Waals surface area contributed by atoms with Crippen molar-refractivity contribution in [3.05, 3.63) is 70.5 Å². The maximum Gasteiger partial charge on any atom is 0.230 e. The van der Waals surface area contributed by atoms with Crippen molar-refractivity contribution in [2.75, 3.05) is 7.11 Å². The highest BCUT2D eigenvalue weighted by Gasteiger charge is 2.16. The first-order valence-electron chi connectivity index (χ1n) is 6.63. The molecule has 3 rings (SSSR count). The van der Waals surface area contributed by atoms with Crippen LogP contribution in [0.2, 0.25) is 0 Å². The number of rotatable bonds is 5. The number of ketones is 1. The zero-order valence-electron chi connectivity index (χ0n) is 11.9. The fraction of sp³-hybridized carbons (Fsp3) is 0.0588. The first kappa shape index (κ1) is 14.3. The van der Waals surface area contributed by atoms with Crippen molar-refractivity contribution >= 4 is 17.1 Å². The van der Waals surface area contributed by atoms with E-state index in [1.54, 1.807) is 55.8 Å². The van der Waals surface area contributed by atoms with Crippen molar-refractivity contribution in [1.29, 1.82) is 0 Å². The Hall–Kier alpha value is -2.66. The Labute approximate surface area is 132 Å². The Kier molecular flexibility index (Phi) is 4.16. The molecule has 0 fully saturated rings. The zero-order chi connectivity index (χ0) is 15.4. The number of methoxy groups -OCH3 is 1. The minimum absolute atomic E-state index is 0.0911. The first-order valence-corrected chi connectivity index (χ1v) is 7.51. The molecule has 4 nitrogen and oxygen atoms in total. The molecule has 110 valence electrons. The summed E-state index contributed by atoms with van der Waals surface area (Å²) < 4.78 is 10.9. The summed E-state index contributed by atoms with van der Waals surface area (Å²) in [5.74, 6) is 1.54. The summed E-state index contributed by atoms with van der Waals surface area (Å²) in [4.78, 5) is 17.3. The molecule has 0 atom stereocenters. The average Bonchev–Trinajstić information content (AvgIpc) is 3.10. The number of carbonyl (C=O) groups excluding carboxylic acids is 1. The highest BCUT2D eigenvalue weighted by molar-refractivity contribution is 7.12. The number of ether oxygens (including phenoxy) is 2. The van der Waals surface area contributed by atoms with Crippen molar-refractivity contribution in [2.24, 2.45) is 0 Å². The monoisotopic (exact) mass is 311 g/mol. The largest absolute Gasteiger partial charge is 0.497 e. The summed E-state index contributed by atoms with van der Waals surface area (Å²) in [7, 11) is 1.60. The van der Waals surface area contributed by atoms with E-state index in [9.17, 15) is 4.79 Å². The van der Waals surface area contributed by atoms with Crippen LogP contribution < -0.4 is 9.47 Å². The van der Waals surface area contributed by atoms with Gasteiger partial charge in [0.15, 0.2) is 0 Å². The molecule has 0 saturated carbocycles. The maximum atomic E-state index is 12.5. The summed E-state index contributed by atoms with van der Waals surface area (Å²) in [6.07, 6.45) is 1.60. The second-order valence-corrected chi connectivity index (χ2v) is 5.39. The Morgan fingerprint density at radius 2 is 1.82 bits per heavy atom. The van der Waals surface area contributed by atoms with E-state index < -0.39 is 0 Å². The van der Waals surface area contributed by atoms with Crippen LogP contribution in [0.1, 0.15) is 15.2 Å². The van der Waals surface area contributed by atoms with Gasteiger partial charge in [-0.2, -0.15) is 0 Å². The van der Waals surface area contributed by atoms with Crippen LogP contribution >= 0.6 is 11.3 Å². The van der Waals surface area contributed by atoms with Gasteiger partial charge in [0.2, 0.25) is 11.7 Å². The third kappa shape index (κ3) is 2.99. The molecule has 0 spiro atoms. The molecule has 0 aliphatic rings. The summed E-state index contributed by atoms with van der Waals surface area (Å²) >= 11 is 1.40. The summed E-state index contributed by atoms with van der Waals surface area (Å²) in [5, 5.41) is 1.87. The summed E-state index contributed by atoms with van der Waals surface area (Å²) in [6, 6.07) is 14.2. The number of aromatic nitrogens is 1. The van der Waals surface area contributed by atoms with E-state index >= 15 is 0 Å². The van der Waals surface area contributed by atoms with Crippen molar-refractivity contribution in [3.63, 3.8) is 0 Å². The maximum absolute atomic E-state index is 12.5. The third-order valence-electron chi connectivity index (χ3n) is 3.03. The molecule has 5 heteroatoms. The Morgan fingerprint density at radius 1 is 1.05 bits per heavy atom. The lowest BCUT2D eigenvalue weighted by molar-refractivity contribution is 0.103. The number of nitrogens with zero attached hydrogens (tertiary/aromatic N) is 1. The topological polar surface area (TPSA) is 48.4 Å². The number of thiophene rings is 1. The number of hydrogen-bond acceptors (Lipinski definition) is 5. The van der Waals surface area contributed by atoms with Gasteiger partial charge < -0.3 is 9.47 Å². The molecule has 0 aliphatic carbocycles. The lowest BCUT2D eigenvalue weighted by Crippen LogP contribution is -2.03. The lowest BCUT2D eigenvalue weighted by Gasteiger charge is -2.09. The second kappa shape index (κ2) is 6.41. The van der Waals surface area contributed by atoms with Gasteiger partial charge >= 0.3 is 0 Å². The molecule has 0 unspecified atom stereocenters. The minimum atomic E-state index is -0.0911. The smallest absolute Gasteiger partial charge is 0.230 e. The molecule has 0 bridgehead atoms. The fourth-order valence-corrected chi connectivity index (χ4v) is 2.62. The summed E-state index contributed by atoms with van der Waals surface area (Å²) in [5.41, 5.74) is 0.445. The van der Waals surface area contributed by atoms with Gasteiger partial charge in [0.25, 0.3) is 0 Å². The van der Waals surface area contributed by atoms with Gasteiger partial charge in [-0.15, -0.1) is 11.3 Å². The molecule has 3 aromatic rings. The highest BCUT2D eigenvalue weighted by Crippen LogP contribution is 2.27. The molecular weight excluding hydrogens is 298 g/mol. The van der Waals surface area contributed by atoms with Gasteiger partial charge in [-0.05, 0) is 47.8 Å². The van der Waals surface area contributed by atoms with E-state index in [1.165, 1.54) is 11.3 Å². The quantitative estimate of drug-likeness (QED) is 0.663. The van der Waals surface area contributed by atoms with Crippen molar-refractivity contribution < 1.29 is 14.3 Å². The van der Waals surface area contributed by atoms with Gasteiger partial charge in [-0.25, -0.2) is 4.98 Å². The van der Waals surface area contributed by atoms with Gasteiger partial charge in [0.05, 0.1) is 17.6 Å². The van der Waals surface area contributed by atoms with Gasteiger partial charge in [0, 0.05) is 6.20 Å². The van der Waals surface area contributed by atoms with Crippen LogP contribution in [0.4, 0.5) is 0 Å². The molecule has 2 aromatic heterocycles. The van der Waals surface area contributed by atoms with E-state index in [4.69, 9.17) is 9.47 Å². The molecule has 2 heterocycles. The Morgan fingerprint density at radius 3 is 2.50 bits per heavy atom. The van der Waals surface area contributed by atoms with E-state index in [1.807, 2.05) is 11.4 Å². The molecule has 0 N–H and O–H groups in total. The van der Waals surface area contributed by atoms with Gasteiger partial charge in [-0.1, -0.05) is 6.07 Å². The molecule has 1 aromatic carbocycles. The molecule has 0 radical (unpaired) electrons. The van der Waals surface area contributed by atoms with Crippen LogP contribution in [-0.4, -0.2) is 17.9 Å². The molecule has 22 heavy (non-hydrogen) atoms. The third-order valence-corrected chi connectivity index (χ3v) is 3.90. The highest BCUT2D eigenvalue weighted by atomic mass is 32.1. The number of benzene rings is 1. The van der Waals surface area contributed by atoms with Gasteiger partial charge in [0.1, 0.15) is 11.5 Å². The average molecular weight is 311 g/mol. The minimum Gasteiger partial charge on any atom is -0.497 e. The lowest BCUT2D eigenvalue weighted by atomic mass is 10.1. The molecule has 0 saturated heterocycles. The van der Waals surface area contributed by atoms with Crippen LogP contribution in [0.15, 0.2) is 60.1 Å². The van der Waals surface area contributed by atoms with E-state index in [0.29, 0.717) is 22.1 Å². The first-order chi connectivity index (χ1) is 10.8. The Bertz CT molecular complexity index is 767. The molecule has 0 amide bonds. The summed E-state index contributed by atoms with van der Waals surface area (Å²) in [6.45, 7) is 0. The van der Waals surface area contributed by atoms with E-state index in [0.717, 1.165) is 5.75 Å². The predicted molar refractivity (Wildman–Crippen MR) is 85.1 cm³/mol. The van der Waals surface area contributed by atoms with E-state index in [-0.39, 0.29) is 5.78 Å². The zero-order valence-corrected chi connectivity index (χ0v) is 12.7. The number of hydrogen-bond donors (Lipinski definition) is 0. The van der Waals surface area contributed by atoms with Crippen LogP contribution in [0, 0.1) is 0 Å². The van der Waals surface area contributed by atoms with Crippen LogP contribution in [0.3, 0.4) is 0 Å². The second-order valence-electron chi connectivity index (χ2n) is 4.44. The SMILES string of the molecule is COc1ccc(Oc2ncccc2C(=O)c2cccs2)cc1. The fourth-order valence-electron chi connectivity index (χ4n) is 1.94. The molecule has 0 aliphatic heterocycles. The normalized spacial score (nSPS) is 10.2. The number of carbonyl (C=O) groups is 1. The van der Waals surface area contributed by atoms with Gasteiger partial charge in [-0.3, -0.25) is 4.79 Å².